The molecule has 0 radical (unpaired) electrons. The van der Waals surface area contributed by atoms with Gasteiger partial charge in [-0.1, -0.05) is 68.3 Å². The summed E-state index contributed by atoms with van der Waals surface area (Å²) in [4.78, 5) is 0. The van der Waals surface area contributed by atoms with E-state index in [0.29, 0.717) is 0 Å². The summed E-state index contributed by atoms with van der Waals surface area (Å²) in [6.07, 6.45) is 12.8. The minimum absolute atomic E-state index is 0.247. The van der Waals surface area contributed by atoms with E-state index in [1.54, 1.807) is 0 Å². The number of aryl methyl sites for hydroxylation is 2. The standard InChI is InChI=1S/C31H39NO/c1-6-7-18-29(32-5)31(19-11-8-12-20-31)33-24(4)27-21-28(26-17-10-9-16-25(26)27)30-22(2)14-13-15-23(30)3/h9-10,13-18,21,32H,6-8,11-12,19-20H2,1-5H3/b27-24-,29-18-. The summed E-state index contributed by atoms with van der Waals surface area (Å²) in [5.41, 5.74) is 10.1. The first-order valence-corrected chi connectivity index (χ1v) is 12.7. The highest BCUT2D eigenvalue weighted by atomic mass is 16.5. The van der Waals surface area contributed by atoms with Crippen LogP contribution in [0.1, 0.15) is 86.6 Å². The SMILES string of the molecule is CCC/C=C(\NC)C1(O/C(C)=C2/C=C(c3c(C)cccc3C)c3ccccc32)CCCCC1. The van der Waals surface area contributed by atoms with Gasteiger partial charge in [0.05, 0.1) is 5.70 Å². The van der Waals surface area contributed by atoms with Gasteiger partial charge < -0.3 is 10.1 Å². The second-order valence-corrected chi connectivity index (χ2v) is 9.65. The topological polar surface area (TPSA) is 21.3 Å². The van der Waals surface area contributed by atoms with Crippen LogP contribution in [-0.2, 0) is 4.74 Å². The number of hydrogen-bond acceptors (Lipinski definition) is 2. The number of ether oxygens (including phenoxy) is 1. The fraction of sp³-hybridized carbons (Fsp3) is 0.419. The van der Waals surface area contributed by atoms with Crippen molar-refractivity contribution in [2.24, 2.45) is 0 Å². The molecule has 33 heavy (non-hydrogen) atoms. The van der Waals surface area contributed by atoms with E-state index in [1.165, 1.54) is 63.9 Å². The van der Waals surface area contributed by atoms with Gasteiger partial charge >= 0.3 is 0 Å². The first kappa shape index (κ1) is 23.4. The molecule has 1 N–H and O–H groups in total. The van der Waals surface area contributed by atoms with Crippen LogP contribution >= 0.6 is 0 Å². The lowest BCUT2D eigenvalue weighted by Gasteiger charge is -2.40. The second-order valence-electron chi connectivity index (χ2n) is 9.65. The average Bonchev–Trinajstić information content (AvgIpc) is 3.20. The maximum absolute atomic E-state index is 7.02. The Morgan fingerprint density at radius 1 is 0.970 bits per heavy atom. The van der Waals surface area contributed by atoms with Gasteiger partial charge in [0.1, 0.15) is 11.4 Å². The molecular formula is C31H39NO. The van der Waals surface area contributed by atoms with Crippen molar-refractivity contribution in [3.05, 3.63) is 93.9 Å². The number of unbranched alkanes of at least 4 members (excludes halogenated alkanes) is 1. The van der Waals surface area contributed by atoms with E-state index in [4.69, 9.17) is 4.74 Å². The normalized spacial score (nSPS) is 19.1. The minimum atomic E-state index is -0.247. The lowest BCUT2D eigenvalue weighted by molar-refractivity contribution is -0.0000717. The van der Waals surface area contributed by atoms with Crippen molar-refractivity contribution in [1.82, 2.24) is 5.32 Å². The number of benzene rings is 2. The molecule has 2 aliphatic rings. The third-order valence-corrected chi connectivity index (χ3v) is 7.33. The molecular weight excluding hydrogens is 402 g/mol. The first-order chi connectivity index (χ1) is 16.0. The maximum atomic E-state index is 7.02. The lowest BCUT2D eigenvalue weighted by atomic mass is 9.81. The maximum Gasteiger partial charge on any atom is 0.147 e. The zero-order valence-corrected chi connectivity index (χ0v) is 21.1. The van der Waals surface area contributed by atoms with Gasteiger partial charge in [0.25, 0.3) is 0 Å². The van der Waals surface area contributed by atoms with Gasteiger partial charge in [0.2, 0.25) is 0 Å². The molecule has 0 aromatic heterocycles. The van der Waals surface area contributed by atoms with Crippen LogP contribution in [0.3, 0.4) is 0 Å². The molecule has 0 atom stereocenters. The largest absolute Gasteiger partial charge is 0.485 e. The summed E-state index contributed by atoms with van der Waals surface area (Å²) in [6, 6.07) is 15.4. The Labute approximate surface area is 200 Å². The Morgan fingerprint density at radius 2 is 1.64 bits per heavy atom. The quantitative estimate of drug-likeness (QED) is 0.438. The molecule has 174 valence electrons. The van der Waals surface area contributed by atoms with Crippen LogP contribution < -0.4 is 5.32 Å². The summed E-state index contributed by atoms with van der Waals surface area (Å²) in [5, 5.41) is 3.51. The van der Waals surface area contributed by atoms with Gasteiger partial charge in [-0.05, 0) is 92.3 Å². The van der Waals surface area contributed by atoms with Crippen molar-refractivity contribution < 1.29 is 4.74 Å². The van der Waals surface area contributed by atoms with E-state index in [1.807, 2.05) is 7.05 Å². The second kappa shape index (κ2) is 10.0. The van der Waals surface area contributed by atoms with E-state index in [0.717, 1.165) is 31.4 Å². The van der Waals surface area contributed by atoms with Crippen molar-refractivity contribution in [3.63, 3.8) is 0 Å². The molecule has 1 fully saturated rings. The Bertz CT molecular complexity index is 1080. The van der Waals surface area contributed by atoms with Crippen LogP contribution in [0.25, 0.3) is 11.1 Å². The third-order valence-electron chi connectivity index (χ3n) is 7.33. The fourth-order valence-electron chi connectivity index (χ4n) is 5.69. The predicted molar refractivity (Wildman–Crippen MR) is 141 cm³/mol. The van der Waals surface area contributed by atoms with E-state index in [9.17, 15) is 0 Å². The van der Waals surface area contributed by atoms with Crippen molar-refractivity contribution in [2.75, 3.05) is 7.05 Å². The zero-order valence-electron chi connectivity index (χ0n) is 21.1. The zero-order chi connectivity index (χ0) is 23.4. The van der Waals surface area contributed by atoms with E-state index in [-0.39, 0.29) is 5.60 Å². The third kappa shape index (κ3) is 4.53. The number of likely N-dealkylation sites (N-methyl/N-ethyl adjacent to an activating group) is 1. The average molecular weight is 442 g/mol. The summed E-state index contributed by atoms with van der Waals surface area (Å²) >= 11 is 0. The monoisotopic (exact) mass is 441 g/mol. The molecule has 2 nitrogen and oxygen atoms in total. The van der Waals surface area contributed by atoms with Crippen molar-refractivity contribution in [3.8, 4) is 0 Å². The Morgan fingerprint density at radius 3 is 2.27 bits per heavy atom. The Balaban J connectivity index is 1.81. The molecule has 0 heterocycles. The number of allylic oxidation sites excluding steroid dienone is 4. The summed E-state index contributed by atoms with van der Waals surface area (Å²) < 4.78 is 7.02. The van der Waals surface area contributed by atoms with Crippen LogP contribution in [0, 0.1) is 13.8 Å². The number of nitrogens with one attached hydrogen (secondary N) is 1. The molecule has 0 amide bonds. The molecule has 2 aromatic carbocycles. The molecule has 0 spiro atoms. The van der Waals surface area contributed by atoms with Crippen LogP contribution in [0.4, 0.5) is 0 Å². The molecule has 0 aliphatic heterocycles. The van der Waals surface area contributed by atoms with Gasteiger partial charge in [-0.2, -0.15) is 0 Å². The minimum Gasteiger partial charge on any atom is -0.485 e. The first-order valence-electron chi connectivity index (χ1n) is 12.7. The molecule has 1 saturated carbocycles. The highest BCUT2D eigenvalue weighted by Gasteiger charge is 2.38. The number of fused-ring (bicyclic) bond motifs is 1. The molecule has 2 heteroatoms. The summed E-state index contributed by atoms with van der Waals surface area (Å²) in [7, 11) is 2.05. The van der Waals surface area contributed by atoms with Crippen LogP contribution in [-0.4, -0.2) is 12.6 Å². The van der Waals surface area contributed by atoms with Gasteiger partial charge in [-0.3, -0.25) is 0 Å². The van der Waals surface area contributed by atoms with Gasteiger partial charge in [0, 0.05) is 12.6 Å². The highest BCUT2D eigenvalue weighted by Crippen LogP contribution is 2.45. The van der Waals surface area contributed by atoms with Crippen molar-refractivity contribution >= 4 is 11.1 Å². The molecule has 2 aliphatic carbocycles. The van der Waals surface area contributed by atoms with Crippen LogP contribution in [0.15, 0.2) is 66.1 Å². The van der Waals surface area contributed by atoms with Crippen LogP contribution in [0.2, 0.25) is 0 Å². The molecule has 0 bridgehead atoms. The predicted octanol–water partition coefficient (Wildman–Crippen LogP) is 8.10. The van der Waals surface area contributed by atoms with E-state index < -0.39 is 0 Å². The molecule has 4 rings (SSSR count). The van der Waals surface area contributed by atoms with E-state index in [2.05, 4.69) is 87.6 Å². The Kier molecular flexibility index (Phi) is 7.12. The molecule has 0 saturated heterocycles. The van der Waals surface area contributed by atoms with Crippen LogP contribution in [0.5, 0.6) is 0 Å². The number of rotatable bonds is 7. The summed E-state index contributed by atoms with van der Waals surface area (Å²) in [5.74, 6) is 1.03. The van der Waals surface area contributed by atoms with Gasteiger partial charge in [0.15, 0.2) is 0 Å². The van der Waals surface area contributed by atoms with Gasteiger partial charge in [-0.25, -0.2) is 0 Å². The fourth-order valence-corrected chi connectivity index (χ4v) is 5.69. The number of hydrogen-bond donors (Lipinski definition) is 1. The lowest BCUT2D eigenvalue weighted by Crippen LogP contribution is -2.41. The molecule has 2 aromatic rings. The highest BCUT2D eigenvalue weighted by molar-refractivity contribution is 6.02. The summed E-state index contributed by atoms with van der Waals surface area (Å²) in [6.45, 7) is 8.83. The smallest absolute Gasteiger partial charge is 0.147 e. The van der Waals surface area contributed by atoms with Crippen molar-refractivity contribution in [2.45, 2.75) is 78.2 Å². The molecule has 0 unspecified atom stereocenters. The Hall–Kier alpha value is -2.74. The van der Waals surface area contributed by atoms with Gasteiger partial charge in [-0.15, -0.1) is 0 Å². The van der Waals surface area contributed by atoms with E-state index >= 15 is 0 Å². The van der Waals surface area contributed by atoms with Crippen molar-refractivity contribution in [1.29, 1.82) is 0 Å².